The Hall–Kier alpha value is 0.0649. The van der Waals surface area contributed by atoms with Gasteiger partial charge in [0.25, 0.3) is 0 Å². The van der Waals surface area contributed by atoms with Crippen molar-refractivity contribution in [3.05, 3.63) is 0 Å². The average molecular weight is 260 g/mol. The van der Waals surface area contributed by atoms with Crippen LogP contribution in [0.3, 0.4) is 0 Å². The summed E-state index contributed by atoms with van der Waals surface area (Å²) in [6.07, 6.45) is 23.4. The van der Waals surface area contributed by atoms with Crippen molar-refractivity contribution in [2.45, 2.75) is 96.0 Å². The molecule has 0 aromatic rings. The van der Waals surface area contributed by atoms with Crippen molar-refractivity contribution in [2.75, 3.05) is 0 Å². The van der Waals surface area contributed by atoms with Gasteiger partial charge in [-0.25, -0.2) is 0 Å². The van der Waals surface area contributed by atoms with Crippen molar-refractivity contribution in [2.24, 2.45) is 17.8 Å². The molecule has 3 aliphatic rings. The predicted molar refractivity (Wildman–Crippen MR) is 86.0 cm³/mol. The Bertz CT molecular complexity index is 202. The molecule has 19 heavy (non-hydrogen) atoms. The first-order valence-corrected chi connectivity index (χ1v) is 9.40. The molecule has 0 saturated heterocycles. The van der Waals surface area contributed by atoms with E-state index in [-0.39, 0.29) is 0 Å². The summed E-state index contributed by atoms with van der Waals surface area (Å²) in [5, 5.41) is 0. The van der Waals surface area contributed by atoms with E-state index in [0.717, 1.165) is 24.5 Å². The van der Waals surface area contributed by atoms with Gasteiger partial charge in [0.2, 0.25) is 0 Å². The zero-order valence-electron chi connectivity index (χ0n) is 12.9. The van der Waals surface area contributed by atoms with Crippen LogP contribution in [0, 0.1) is 17.8 Å². The van der Waals surface area contributed by atoms with E-state index in [1.54, 1.807) is 57.5 Å². The van der Waals surface area contributed by atoms with Crippen LogP contribution in [-0.4, -0.2) is 6.71 Å². The summed E-state index contributed by atoms with van der Waals surface area (Å²) in [6.45, 7) is 1.11. The summed E-state index contributed by atoms with van der Waals surface area (Å²) in [5.41, 5.74) is 0. The molecule has 0 spiro atoms. The minimum absolute atomic E-state index is 1.11. The summed E-state index contributed by atoms with van der Waals surface area (Å²) < 4.78 is 0. The molecule has 3 rings (SSSR count). The minimum atomic E-state index is 1.11. The Morgan fingerprint density at radius 3 is 1.00 bits per heavy atom. The first kappa shape index (κ1) is 14.0. The van der Waals surface area contributed by atoms with Crippen molar-refractivity contribution < 1.29 is 0 Å². The first-order valence-electron chi connectivity index (χ1n) is 9.40. The van der Waals surface area contributed by atoms with Gasteiger partial charge in [0, 0.05) is 0 Å². The average Bonchev–Trinajstić information content (AvgIpc) is 3.10. The zero-order chi connectivity index (χ0) is 12.9. The molecule has 108 valence electrons. The highest BCUT2D eigenvalue weighted by atomic mass is 14.2. The van der Waals surface area contributed by atoms with Gasteiger partial charge >= 0.3 is 0 Å². The lowest BCUT2D eigenvalue weighted by Gasteiger charge is -2.23. The second kappa shape index (κ2) is 7.18. The van der Waals surface area contributed by atoms with Crippen molar-refractivity contribution >= 4 is 6.71 Å². The molecule has 0 radical (unpaired) electrons. The van der Waals surface area contributed by atoms with Crippen LogP contribution in [0.2, 0.25) is 19.0 Å². The quantitative estimate of drug-likeness (QED) is 0.510. The molecule has 3 fully saturated rings. The number of hydrogen-bond donors (Lipinski definition) is 0. The van der Waals surface area contributed by atoms with Gasteiger partial charge in [-0.1, -0.05) is 96.0 Å². The van der Waals surface area contributed by atoms with E-state index in [9.17, 15) is 0 Å². The molecule has 0 bridgehead atoms. The molecule has 0 atom stereocenters. The van der Waals surface area contributed by atoms with Gasteiger partial charge in [0.05, 0.1) is 0 Å². The van der Waals surface area contributed by atoms with Gasteiger partial charge in [0.15, 0.2) is 0 Å². The number of hydrogen-bond acceptors (Lipinski definition) is 0. The first-order chi connectivity index (χ1) is 9.40. The highest BCUT2D eigenvalue weighted by Gasteiger charge is 2.29. The summed E-state index contributed by atoms with van der Waals surface area (Å²) in [4.78, 5) is 0. The monoisotopic (exact) mass is 260 g/mol. The van der Waals surface area contributed by atoms with Gasteiger partial charge < -0.3 is 0 Å². The van der Waals surface area contributed by atoms with Crippen molar-refractivity contribution in [1.82, 2.24) is 0 Å². The zero-order valence-corrected chi connectivity index (χ0v) is 12.9. The van der Waals surface area contributed by atoms with E-state index in [4.69, 9.17) is 0 Å². The largest absolute Gasteiger partial charge is 0.140 e. The second-order valence-electron chi connectivity index (χ2n) is 8.02. The summed E-state index contributed by atoms with van der Waals surface area (Å²) in [5.74, 6) is 3.36. The molecular formula is C18H33B. The summed E-state index contributed by atoms with van der Waals surface area (Å²) in [6, 6.07) is 0. The highest BCUT2D eigenvalue weighted by molar-refractivity contribution is 6.59. The van der Waals surface area contributed by atoms with Crippen LogP contribution < -0.4 is 0 Å². The fourth-order valence-corrected chi connectivity index (χ4v) is 5.44. The lowest BCUT2D eigenvalue weighted by atomic mass is 9.37. The maximum Gasteiger partial charge on any atom is 0.140 e. The van der Waals surface area contributed by atoms with Crippen LogP contribution in [-0.2, 0) is 0 Å². The van der Waals surface area contributed by atoms with Crippen LogP contribution in [0.1, 0.15) is 77.0 Å². The van der Waals surface area contributed by atoms with Gasteiger partial charge in [-0.05, 0) is 17.8 Å². The third-order valence-corrected chi connectivity index (χ3v) is 6.42. The molecular weight excluding hydrogens is 227 g/mol. The van der Waals surface area contributed by atoms with Crippen LogP contribution in [0.4, 0.5) is 0 Å². The molecule has 3 saturated carbocycles. The molecule has 0 aromatic heterocycles. The Labute approximate surface area is 121 Å². The van der Waals surface area contributed by atoms with Crippen LogP contribution in [0.25, 0.3) is 0 Å². The molecule has 3 aliphatic carbocycles. The second-order valence-corrected chi connectivity index (χ2v) is 8.02. The summed E-state index contributed by atoms with van der Waals surface area (Å²) in [7, 11) is 0. The van der Waals surface area contributed by atoms with Crippen molar-refractivity contribution in [3.8, 4) is 0 Å². The fourth-order valence-electron chi connectivity index (χ4n) is 5.44. The molecule has 0 N–H and O–H groups in total. The molecule has 0 heterocycles. The lowest BCUT2D eigenvalue weighted by Crippen LogP contribution is -2.22. The van der Waals surface area contributed by atoms with Gasteiger partial charge in [0.1, 0.15) is 6.71 Å². The number of rotatable bonds is 6. The lowest BCUT2D eigenvalue weighted by molar-refractivity contribution is 0.554. The van der Waals surface area contributed by atoms with E-state index in [0.29, 0.717) is 0 Å². The van der Waals surface area contributed by atoms with Crippen LogP contribution >= 0.6 is 0 Å². The van der Waals surface area contributed by atoms with E-state index in [1.807, 2.05) is 0 Å². The standard InChI is InChI=1S/C18H33B/c1-2-8-16(7-1)13-19(14-17-9-3-4-10-17)15-18-11-5-6-12-18/h16-18H,1-15H2. The van der Waals surface area contributed by atoms with Crippen molar-refractivity contribution in [3.63, 3.8) is 0 Å². The van der Waals surface area contributed by atoms with Crippen LogP contribution in [0.15, 0.2) is 0 Å². The minimum Gasteiger partial charge on any atom is -0.0713 e. The maximum absolute atomic E-state index is 1.60. The maximum atomic E-state index is 1.60. The molecule has 0 aliphatic heterocycles. The smallest absolute Gasteiger partial charge is 0.0713 e. The molecule has 1 heteroatoms. The SMILES string of the molecule is C1CCC(CB(CC2CCCC2)CC2CCCC2)C1. The summed E-state index contributed by atoms with van der Waals surface area (Å²) >= 11 is 0. The van der Waals surface area contributed by atoms with E-state index in [1.165, 1.54) is 38.5 Å². The normalized spacial score (nSPS) is 26.5. The molecule has 0 unspecified atom stereocenters. The van der Waals surface area contributed by atoms with Gasteiger partial charge in [-0.3, -0.25) is 0 Å². The molecule has 0 nitrogen and oxygen atoms in total. The molecule has 0 aromatic carbocycles. The van der Waals surface area contributed by atoms with E-state index >= 15 is 0 Å². The topological polar surface area (TPSA) is 0 Å². The van der Waals surface area contributed by atoms with Crippen LogP contribution in [0.5, 0.6) is 0 Å². The third kappa shape index (κ3) is 4.26. The Morgan fingerprint density at radius 1 is 0.474 bits per heavy atom. The van der Waals surface area contributed by atoms with Crippen molar-refractivity contribution in [1.29, 1.82) is 0 Å². The predicted octanol–water partition coefficient (Wildman–Crippen LogP) is 6.05. The third-order valence-electron chi connectivity index (χ3n) is 6.42. The van der Waals surface area contributed by atoms with Gasteiger partial charge in [-0.15, -0.1) is 0 Å². The Morgan fingerprint density at radius 2 is 0.737 bits per heavy atom. The Kier molecular flexibility index (Phi) is 5.30. The highest BCUT2D eigenvalue weighted by Crippen LogP contribution is 2.38. The van der Waals surface area contributed by atoms with Gasteiger partial charge in [-0.2, -0.15) is 0 Å². The van der Waals surface area contributed by atoms with E-state index in [2.05, 4.69) is 0 Å². The van der Waals surface area contributed by atoms with E-state index < -0.39 is 0 Å². The molecule has 0 amide bonds. The fraction of sp³-hybridized carbons (Fsp3) is 1.00. The Balaban J connectivity index is 1.49.